The molecule has 1 aromatic rings. The topological polar surface area (TPSA) is 135 Å². The van der Waals surface area contributed by atoms with Crippen molar-refractivity contribution >= 4 is 24.5 Å². The number of nitro benzene ring substituents is 1. The van der Waals surface area contributed by atoms with Crippen LogP contribution in [0.1, 0.15) is 27.7 Å². The number of hydrazone groups is 1. The first-order chi connectivity index (χ1) is 11.2. The lowest BCUT2D eigenvalue weighted by Crippen LogP contribution is -2.25. The molecule has 0 atom stereocenters. The van der Waals surface area contributed by atoms with Crippen LogP contribution in [0.5, 0.6) is 0 Å². The van der Waals surface area contributed by atoms with Crippen LogP contribution in [0.2, 0.25) is 0 Å². The van der Waals surface area contributed by atoms with Gasteiger partial charge in [-0.2, -0.15) is 0 Å². The highest BCUT2D eigenvalue weighted by atomic mass is 31.2. The maximum absolute atomic E-state index is 12.8. The lowest BCUT2D eigenvalue weighted by Gasteiger charge is -2.22. The van der Waals surface area contributed by atoms with Crippen molar-refractivity contribution in [2.75, 3.05) is 5.43 Å². The van der Waals surface area contributed by atoms with Crippen molar-refractivity contribution in [3.8, 4) is 0 Å². The Bertz CT molecular complexity index is 618. The van der Waals surface area contributed by atoms with E-state index >= 15 is 0 Å². The summed E-state index contributed by atoms with van der Waals surface area (Å²) in [6, 6.07) is 5.37. The van der Waals surface area contributed by atoms with Crippen molar-refractivity contribution in [2.45, 2.75) is 39.9 Å². The largest absolute Gasteiger partial charge is 0.400 e. The van der Waals surface area contributed by atoms with Crippen LogP contribution >= 0.6 is 7.60 Å². The van der Waals surface area contributed by atoms with E-state index in [4.69, 9.17) is 9.05 Å². The van der Waals surface area contributed by atoms with Gasteiger partial charge in [0.1, 0.15) is 0 Å². The highest BCUT2D eigenvalue weighted by Gasteiger charge is 2.35. The van der Waals surface area contributed by atoms with Crippen molar-refractivity contribution in [3.05, 3.63) is 34.4 Å². The van der Waals surface area contributed by atoms with Crippen molar-refractivity contribution in [3.63, 3.8) is 0 Å². The second kappa shape index (κ2) is 8.74. The Balaban J connectivity index is 3.00. The summed E-state index contributed by atoms with van der Waals surface area (Å²) in [5.74, 6) is 0. The molecule has 11 heteroatoms. The van der Waals surface area contributed by atoms with Gasteiger partial charge < -0.3 is 9.05 Å². The Morgan fingerprint density at radius 2 is 1.71 bits per heavy atom. The summed E-state index contributed by atoms with van der Waals surface area (Å²) in [5.41, 5.74) is 4.12. The van der Waals surface area contributed by atoms with Crippen molar-refractivity contribution in [1.29, 1.82) is 0 Å². The number of non-ortho nitro benzene ring substituents is 1. The normalized spacial score (nSPS) is 12.5. The fraction of sp³-hybridized carbons (Fsp3) is 0.462. The molecule has 0 saturated heterocycles. The van der Waals surface area contributed by atoms with Crippen molar-refractivity contribution < 1.29 is 23.7 Å². The van der Waals surface area contributed by atoms with E-state index in [1.807, 2.05) is 0 Å². The predicted molar refractivity (Wildman–Crippen MR) is 89.1 cm³/mol. The summed E-state index contributed by atoms with van der Waals surface area (Å²) in [7, 11) is -3.89. The fourth-order valence-electron chi connectivity index (χ4n) is 1.60. The minimum absolute atomic E-state index is 0.0815. The van der Waals surface area contributed by atoms with Crippen LogP contribution in [-0.2, 0) is 13.6 Å². The van der Waals surface area contributed by atoms with E-state index < -0.39 is 30.3 Å². The zero-order valence-corrected chi connectivity index (χ0v) is 14.7. The van der Waals surface area contributed by atoms with Gasteiger partial charge in [-0.1, -0.05) is 0 Å². The molecule has 0 aromatic heterocycles. The van der Waals surface area contributed by atoms with Crippen LogP contribution in [0.4, 0.5) is 11.4 Å². The molecule has 0 aliphatic carbocycles. The Hall–Kier alpha value is -2.00. The molecular formula is C13H21N4O6P. The highest BCUT2D eigenvalue weighted by molar-refractivity contribution is 7.72. The monoisotopic (exact) mass is 360 g/mol. The molecule has 0 fully saturated rings. The lowest BCUT2D eigenvalue weighted by molar-refractivity contribution is -0.384. The third-order valence-electron chi connectivity index (χ3n) is 2.43. The summed E-state index contributed by atoms with van der Waals surface area (Å²) in [6.45, 7) is 6.65. The van der Waals surface area contributed by atoms with E-state index in [9.17, 15) is 19.9 Å². The number of amidine groups is 1. The van der Waals surface area contributed by atoms with Gasteiger partial charge in [-0.05, 0) is 39.8 Å². The molecular weight excluding hydrogens is 339 g/mol. The zero-order valence-electron chi connectivity index (χ0n) is 13.8. The van der Waals surface area contributed by atoms with Gasteiger partial charge in [0.15, 0.2) is 0 Å². The smallest absolute Gasteiger partial charge is 0.300 e. The van der Waals surface area contributed by atoms with Crippen LogP contribution in [0.3, 0.4) is 0 Å². The molecule has 0 spiro atoms. The number of hydrogen-bond donors (Lipinski definition) is 3. The van der Waals surface area contributed by atoms with E-state index in [2.05, 4.69) is 10.5 Å². The summed E-state index contributed by atoms with van der Waals surface area (Å²) in [5, 5.41) is 23.6. The molecule has 0 bridgehead atoms. The molecule has 0 amide bonds. The summed E-state index contributed by atoms with van der Waals surface area (Å²) in [6.07, 6.45) is -0.875. The van der Waals surface area contributed by atoms with Gasteiger partial charge in [0.05, 0.1) is 22.8 Å². The Morgan fingerprint density at radius 3 is 2.08 bits per heavy atom. The molecule has 1 rings (SSSR count). The van der Waals surface area contributed by atoms with Crippen LogP contribution in [-0.4, -0.2) is 27.9 Å². The second-order valence-electron chi connectivity index (χ2n) is 5.27. The maximum Gasteiger partial charge on any atom is 0.400 e. The van der Waals surface area contributed by atoms with E-state index in [0.29, 0.717) is 5.69 Å². The third-order valence-corrected chi connectivity index (χ3v) is 4.54. The number of nitrogens with zero attached hydrogens (tertiary/aromatic N) is 2. The molecule has 0 saturated carbocycles. The molecule has 0 aliphatic rings. The van der Waals surface area contributed by atoms with Gasteiger partial charge in [0.25, 0.3) is 11.3 Å². The average molecular weight is 360 g/mol. The zero-order chi connectivity index (χ0) is 18.3. The van der Waals surface area contributed by atoms with Gasteiger partial charge >= 0.3 is 7.60 Å². The first-order valence-corrected chi connectivity index (χ1v) is 8.68. The summed E-state index contributed by atoms with van der Waals surface area (Å²) >= 11 is 0. The van der Waals surface area contributed by atoms with Crippen LogP contribution in [0.25, 0.3) is 0 Å². The maximum atomic E-state index is 12.8. The quantitative estimate of drug-likeness (QED) is 0.211. The lowest BCUT2D eigenvalue weighted by atomic mass is 10.3. The van der Waals surface area contributed by atoms with Crippen molar-refractivity contribution in [1.82, 2.24) is 5.48 Å². The molecule has 3 N–H and O–H groups in total. The third kappa shape index (κ3) is 5.89. The first kappa shape index (κ1) is 20.0. The standard InChI is InChI=1S/C13H21N4O6P/c1-9(2)22-24(21,23-10(3)4)13(16-18)15-14-11-5-7-12(8-6-11)17(19)20/h5-10,14,18H,1-4H3,(H,15,16). The summed E-state index contributed by atoms with van der Waals surface area (Å²) < 4.78 is 23.4. The van der Waals surface area contributed by atoms with E-state index in [0.717, 1.165) is 0 Å². The van der Waals surface area contributed by atoms with Crippen LogP contribution < -0.4 is 10.9 Å². The van der Waals surface area contributed by atoms with Gasteiger partial charge in [0, 0.05) is 12.1 Å². The molecule has 134 valence electrons. The number of hydroxylamine groups is 1. The number of rotatable bonds is 8. The van der Waals surface area contributed by atoms with E-state index in [1.54, 1.807) is 33.2 Å². The summed E-state index contributed by atoms with van der Waals surface area (Å²) in [4.78, 5) is 10.1. The number of hydrogen-bond acceptors (Lipinski definition) is 8. The van der Waals surface area contributed by atoms with Crippen LogP contribution in [0, 0.1) is 10.1 Å². The van der Waals surface area contributed by atoms with Crippen molar-refractivity contribution in [2.24, 2.45) is 5.10 Å². The van der Waals surface area contributed by atoms with Gasteiger partial charge in [-0.15, -0.1) is 5.10 Å². The highest BCUT2D eigenvalue weighted by Crippen LogP contribution is 2.51. The second-order valence-corrected chi connectivity index (χ2v) is 7.11. The Morgan fingerprint density at radius 1 is 1.21 bits per heavy atom. The molecule has 0 aliphatic heterocycles. The predicted octanol–water partition coefficient (Wildman–Crippen LogP) is 3.30. The first-order valence-electron chi connectivity index (χ1n) is 7.13. The van der Waals surface area contributed by atoms with Gasteiger partial charge in [-0.3, -0.25) is 25.3 Å². The number of anilines is 1. The Kier molecular flexibility index (Phi) is 7.30. The molecule has 0 heterocycles. The van der Waals surface area contributed by atoms with Gasteiger partial charge in [-0.25, -0.2) is 5.48 Å². The number of nitro groups is 1. The molecule has 0 radical (unpaired) electrons. The molecule has 0 unspecified atom stereocenters. The van der Waals surface area contributed by atoms with E-state index in [-0.39, 0.29) is 5.69 Å². The molecule has 24 heavy (non-hydrogen) atoms. The van der Waals surface area contributed by atoms with Gasteiger partial charge in [0.2, 0.25) is 0 Å². The van der Waals surface area contributed by atoms with E-state index in [1.165, 1.54) is 24.3 Å². The number of nitrogens with one attached hydrogen (secondary N) is 2. The minimum atomic E-state index is -3.89. The molecule has 1 aromatic carbocycles. The molecule has 10 nitrogen and oxygen atoms in total. The average Bonchev–Trinajstić information content (AvgIpc) is 2.46. The van der Waals surface area contributed by atoms with Crippen LogP contribution in [0.15, 0.2) is 29.4 Å². The number of benzene rings is 1. The minimum Gasteiger partial charge on any atom is -0.300 e. The Labute approximate surface area is 139 Å². The fourth-order valence-corrected chi connectivity index (χ4v) is 3.26. The SMILES string of the molecule is CC(C)OP(=O)(OC(C)C)C(=NNc1ccc([N+](=O)[O-])cc1)NO.